The van der Waals surface area contributed by atoms with E-state index in [9.17, 15) is 13.9 Å². The lowest BCUT2D eigenvalue weighted by molar-refractivity contribution is 0.0178. The molecule has 1 aromatic heterocycles. The fourth-order valence-electron chi connectivity index (χ4n) is 4.04. The number of rotatable bonds is 5. The Hall–Kier alpha value is -2.33. The molecule has 0 aliphatic carbocycles. The fraction of sp³-hybridized carbons (Fsp3) is 0.455. The Balaban J connectivity index is 1.55. The maximum atomic E-state index is 14.0. The first kappa shape index (κ1) is 22.8. The number of piperidine rings is 1. The van der Waals surface area contributed by atoms with Gasteiger partial charge in [0.15, 0.2) is 5.82 Å². The van der Waals surface area contributed by atoms with Gasteiger partial charge >= 0.3 is 0 Å². The van der Waals surface area contributed by atoms with Gasteiger partial charge in [0.25, 0.3) is 0 Å². The molecule has 0 bridgehead atoms. The number of nitrogens with zero attached hydrogens (tertiary/aromatic N) is 3. The Morgan fingerprint density at radius 2 is 1.97 bits per heavy atom. The zero-order valence-corrected chi connectivity index (χ0v) is 18.7. The standard InChI is InChI=1S/C22H26ClF2N5O2/c1-11-20(23)12(2)29-21(28-11)17-9-30(10-18(17)26)22(31)16-4-3-13(24)6-19(16)32-15-5-14(25)7-27-8-15/h3-4,6,14-15,22,27,31H,5,7-10,26H2,1-2H3. The van der Waals surface area contributed by atoms with Gasteiger partial charge in [-0.25, -0.2) is 18.7 Å². The molecular formula is C22H26ClF2N5O2. The number of halogens is 3. The lowest BCUT2D eigenvalue weighted by atomic mass is 10.1. The van der Waals surface area contributed by atoms with Crippen LogP contribution in [0.4, 0.5) is 8.78 Å². The summed E-state index contributed by atoms with van der Waals surface area (Å²) < 4.78 is 33.6. The summed E-state index contributed by atoms with van der Waals surface area (Å²) in [6.45, 7) is 4.87. The fourth-order valence-corrected chi connectivity index (χ4v) is 4.13. The number of nitrogens with one attached hydrogen (secondary N) is 1. The van der Waals surface area contributed by atoms with Gasteiger partial charge in [-0.2, -0.15) is 0 Å². The molecule has 3 atom stereocenters. The summed E-state index contributed by atoms with van der Waals surface area (Å²) in [4.78, 5) is 10.6. The minimum Gasteiger partial charge on any atom is -0.488 e. The molecule has 0 saturated carbocycles. The lowest BCUT2D eigenvalue weighted by Gasteiger charge is -2.29. The number of ether oxygens (including phenoxy) is 1. The number of hydrogen-bond donors (Lipinski definition) is 3. The van der Waals surface area contributed by atoms with Gasteiger partial charge in [0, 0.05) is 55.5 Å². The molecule has 3 heterocycles. The number of aromatic nitrogens is 2. The van der Waals surface area contributed by atoms with Crippen LogP contribution in [0.2, 0.25) is 5.02 Å². The average Bonchev–Trinajstić information content (AvgIpc) is 3.13. The molecule has 10 heteroatoms. The third-order valence-electron chi connectivity index (χ3n) is 5.72. The second-order valence-electron chi connectivity index (χ2n) is 8.23. The molecule has 0 spiro atoms. The zero-order valence-electron chi connectivity index (χ0n) is 17.9. The largest absolute Gasteiger partial charge is 0.488 e. The number of benzene rings is 1. The van der Waals surface area contributed by atoms with Crippen molar-refractivity contribution >= 4 is 17.2 Å². The quantitative estimate of drug-likeness (QED) is 0.624. The summed E-state index contributed by atoms with van der Waals surface area (Å²) in [6.07, 6.45) is -2.41. The van der Waals surface area contributed by atoms with E-state index in [1.807, 2.05) is 0 Å². The van der Waals surface area contributed by atoms with Gasteiger partial charge < -0.3 is 20.9 Å². The van der Waals surface area contributed by atoms with Gasteiger partial charge in [-0.3, -0.25) is 4.90 Å². The summed E-state index contributed by atoms with van der Waals surface area (Å²) in [5, 5.41) is 14.6. The molecule has 32 heavy (non-hydrogen) atoms. The molecule has 7 nitrogen and oxygen atoms in total. The summed E-state index contributed by atoms with van der Waals surface area (Å²) in [5.41, 5.74) is 9.17. The van der Waals surface area contributed by atoms with Gasteiger partial charge in [-0.15, -0.1) is 0 Å². The van der Waals surface area contributed by atoms with Crippen molar-refractivity contribution in [2.75, 3.05) is 26.2 Å². The second kappa shape index (κ2) is 9.27. The van der Waals surface area contributed by atoms with Crippen molar-refractivity contribution in [3.8, 4) is 5.75 Å². The lowest BCUT2D eigenvalue weighted by Crippen LogP contribution is -2.43. The van der Waals surface area contributed by atoms with Crippen molar-refractivity contribution in [1.29, 1.82) is 0 Å². The van der Waals surface area contributed by atoms with Crippen LogP contribution in [0.1, 0.15) is 35.4 Å². The van der Waals surface area contributed by atoms with Crippen LogP contribution in [0.25, 0.3) is 5.57 Å². The Kier molecular flexibility index (Phi) is 6.62. The van der Waals surface area contributed by atoms with Crippen LogP contribution in [-0.4, -0.2) is 58.4 Å². The van der Waals surface area contributed by atoms with E-state index in [1.165, 1.54) is 18.2 Å². The van der Waals surface area contributed by atoms with E-state index in [4.69, 9.17) is 22.1 Å². The number of aryl methyl sites for hydroxylation is 2. The van der Waals surface area contributed by atoms with Crippen LogP contribution in [0, 0.1) is 19.7 Å². The highest BCUT2D eigenvalue weighted by atomic mass is 35.5. The van der Waals surface area contributed by atoms with Crippen molar-refractivity contribution in [3.63, 3.8) is 0 Å². The molecule has 1 fully saturated rings. The predicted molar refractivity (Wildman–Crippen MR) is 117 cm³/mol. The van der Waals surface area contributed by atoms with Crippen molar-refractivity contribution in [2.24, 2.45) is 5.73 Å². The molecule has 172 valence electrons. The third kappa shape index (κ3) is 4.71. The zero-order chi connectivity index (χ0) is 23.0. The van der Waals surface area contributed by atoms with Gasteiger partial charge in [0.05, 0.1) is 16.4 Å². The number of aliphatic hydroxyl groups is 1. The van der Waals surface area contributed by atoms with E-state index in [1.54, 1.807) is 18.7 Å². The second-order valence-corrected chi connectivity index (χ2v) is 8.61. The molecule has 3 unspecified atom stereocenters. The van der Waals surface area contributed by atoms with Crippen LogP contribution in [0.15, 0.2) is 23.9 Å². The van der Waals surface area contributed by atoms with E-state index in [-0.39, 0.29) is 25.3 Å². The summed E-state index contributed by atoms with van der Waals surface area (Å²) in [5.74, 6) is 0.145. The molecule has 4 rings (SSSR count). The highest BCUT2D eigenvalue weighted by molar-refractivity contribution is 6.31. The number of aliphatic hydroxyl groups excluding tert-OH is 1. The first-order chi connectivity index (χ1) is 15.2. The Morgan fingerprint density at radius 3 is 2.66 bits per heavy atom. The molecule has 1 aromatic carbocycles. The van der Waals surface area contributed by atoms with Crippen LogP contribution < -0.4 is 15.8 Å². The Morgan fingerprint density at radius 1 is 1.25 bits per heavy atom. The summed E-state index contributed by atoms with van der Waals surface area (Å²) >= 11 is 6.18. The molecule has 2 aliphatic rings. The Bertz CT molecular complexity index is 1030. The molecule has 4 N–H and O–H groups in total. The van der Waals surface area contributed by atoms with Crippen molar-refractivity contribution in [1.82, 2.24) is 20.2 Å². The smallest absolute Gasteiger partial charge is 0.158 e. The molecular weight excluding hydrogens is 440 g/mol. The maximum absolute atomic E-state index is 14.0. The van der Waals surface area contributed by atoms with E-state index in [2.05, 4.69) is 15.3 Å². The maximum Gasteiger partial charge on any atom is 0.158 e. The highest BCUT2D eigenvalue weighted by Gasteiger charge is 2.31. The Labute approximate surface area is 190 Å². The average molecular weight is 466 g/mol. The number of hydrogen-bond acceptors (Lipinski definition) is 7. The number of nitrogens with two attached hydrogens (primary N) is 1. The molecule has 2 aliphatic heterocycles. The normalized spacial score (nSPS) is 22.9. The number of alkyl halides is 1. The minimum absolute atomic E-state index is 0.180. The topological polar surface area (TPSA) is 96.5 Å². The SMILES string of the molecule is Cc1nc(C2=C(N)CN(C(O)c3ccc(F)cc3OC3CNCC(F)C3)C2)nc(C)c1Cl. The summed E-state index contributed by atoms with van der Waals surface area (Å²) in [6, 6.07) is 3.94. The molecule has 2 aromatic rings. The van der Waals surface area contributed by atoms with Gasteiger partial charge in [0.2, 0.25) is 0 Å². The van der Waals surface area contributed by atoms with Crippen molar-refractivity contribution < 1.29 is 18.6 Å². The van der Waals surface area contributed by atoms with Gasteiger partial charge in [-0.1, -0.05) is 11.6 Å². The van der Waals surface area contributed by atoms with Crippen LogP contribution in [0.3, 0.4) is 0 Å². The van der Waals surface area contributed by atoms with E-state index < -0.39 is 24.3 Å². The van der Waals surface area contributed by atoms with E-state index in [0.717, 1.165) is 0 Å². The first-order valence-corrected chi connectivity index (χ1v) is 10.8. The molecule has 1 saturated heterocycles. The monoisotopic (exact) mass is 465 g/mol. The molecule has 0 amide bonds. The first-order valence-electron chi connectivity index (χ1n) is 10.4. The predicted octanol–water partition coefficient (Wildman–Crippen LogP) is 2.64. The minimum atomic E-state index is -1.12. The van der Waals surface area contributed by atoms with Gasteiger partial charge in [0.1, 0.15) is 30.1 Å². The van der Waals surface area contributed by atoms with Crippen molar-refractivity contribution in [3.05, 3.63) is 57.5 Å². The van der Waals surface area contributed by atoms with Crippen LogP contribution in [-0.2, 0) is 0 Å². The molecule has 0 radical (unpaired) electrons. The van der Waals surface area contributed by atoms with E-state index >= 15 is 0 Å². The summed E-state index contributed by atoms with van der Waals surface area (Å²) in [7, 11) is 0. The van der Waals surface area contributed by atoms with E-state index in [0.29, 0.717) is 52.2 Å². The van der Waals surface area contributed by atoms with Crippen LogP contribution >= 0.6 is 11.6 Å². The van der Waals surface area contributed by atoms with Gasteiger partial charge in [-0.05, 0) is 26.0 Å². The van der Waals surface area contributed by atoms with Crippen molar-refractivity contribution in [2.45, 2.75) is 38.8 Å². The third-order valence-corrected chi connectivity index (χ3v) is 6.27. The highest BCUT2D eigenvalue weighted by Crippen LogP contribution is 2.34. The van der Waals surface area contributed by atoms with Crippen LogP contribution in [0.5, 0.6) is 5.75 Å².